The van der Waals surface area contributed by atoms with Gasteiger partial charge < -0.3 is 5.73 Å². The SMILES string of the molecule is Cc1c(F)cc(S(=O)(=O)NCCCCN)cc1[N+](=O)[O-].Cl. The van der Waals surface area contributed by atoms with Gasteiger partial charge in [-0.3, -0.25) is 10.1 Å². The Labute approximate surface area is 128 Å². The number of halogens is 2. The van der Waals surface area contributed by atoms with E-state index in [4.69, 9.17) is 5.73 Å². The van der Waals surface area contributed by atoms with Crippen LogP contribution >= 0.6 is 12.4 Å². The van der Waals surface area contributed by atoms with Gasteiger partial charge in [0.15, 0.2) is 0 Å². The van der Waals surface area contributed by atoms with E-state index in [2.05, 4.69) is 4.72 Å². The minimum Gasteiger partial charge on any atom is -0.330 e. The molecule has 1 rings (SSSR count). The highest BCUT2D eigenvalue weighted by Gasteiger charge is 2.22. The molecule has 10 heteroatoms. The second-order valence-electron chi connectivity index (χ2n) is 4.20. The third-order valence-corrected chi connectivity index (χ3v) is 4.16. The largest absolute Gasteiger partial charge is 0.330 e. The molecule has 7 nitrogen and oxygen atoms in total. The van der Waals surface area contributed by atoms with E-state index in [9.17, 15) is 22.9 Å². The highest BCUT2D eigenvalue weighted by atomic mass is 35.5. The number of nitrogens with zero attached hydrogens (tertiary/aromatic N) is 1. The smallest absolute Gasteiger partial charge is 0.276 e. The first-order valence-corrected chi connectivity index (χ1v) is 7.42. The van der Waals surface area contributed by atoms with E-state index >= 15 is 0 Å². The van der Waals surface area contributed by atoms with Gasteiger partial charge in [-0.1, -0.05) is 0 Å². The number of nitrogens with two attached hydrogens (primary N) is 1. The van der Waals surface area contributed by atoms with Crippen molar-refractivity contribution in [1.29, 1.82) is 0 Å². The van der Waals surface area contributed by atoms with Crippen LogP contribution in [0.2, 0.25) is 0 Å². The van der Waals surface area contributed by atoms with Crippen molar-refractivity contribution in [1.82, 2.24) is 4.72 Å². The summed E-state index contributed by atoms with van der Waals surface area (Å²) in [6, 6.07) is 1.62. The van der Waals surface area contributed by atoms with Crippen LogP contribution in [0.4, 0.5) is 10.1 Å². The van der Waals surface area contributed by atoms with Gasteiger partial charge in [0.25, 0.3) is 5.69 Å². The van der Waals surface area contributed by atoms with Crippen LogP contribution in [0.15, 0.2) is 17.0 Å². The van der Waals surface area contributed by atoms with Gasteiger partial charge in [0.1, 0.15) is 5.82 Å². The standard InChI is InChI=1S/C11H16FN3O4S.ClH/c1-8-10(12)6-9(7-11(8)15(16)17)20(18,19)14-5-3-2-4-13;/h6-7,14H,2-5,13H2,1H3;1H. The van der Waals surface area contributed by atoms with Gasteiger partial charge in [-0.15, -0.1) is 12.4 Å². The molecule has 0 radical (unpaired) electrons. The van der Waals surface area contributed by atoms with E-state index in [0.29, 0.717) is 19.4 Å². The molecule has 0 atom stereocenters. The Morgan fingerprint density at radius 1 is 1.38 bits per heavy atom. The maximum atomic E-state index is 13.6. The molecule has 0 aromatic heterocycles. The van der Waals surface area contributed by atoms with Crippen LogP contribution in [0, 0.1) is 22.9 Å². The van der Waals surface area contributed by atoms with Crippen molar-refractivity contribution in [3.63, 3.8) is 0 Å². The van der Waals surface area contributed by atoms with Crippen LogP contribution in [0.5, 0.6) is 0 Å². The number of nitro benzene ring substituents is 1. The second-order valence-corrected chi connectivity index (χ2v) is 5.97. The maximum Gasteiger partial charge on any atom is 0.276 e. The quantitative estimate of drug-likeness (QED) is 0.443. The van der Waals surface area contributed by atoms with Gasteiger partial charge in [0.2, 0.25) is 10.0 Å². The van der Waals surface area contributed by atoms with Crippen LogP contribution < -0.4 is 10.5 Å². The fourth-order valence-corrected chi connectivity index (χ4v) is 2.65. The molecule has 0 aliphatic rings. The van der Waals surface area contributed by atoms with Crippen LogP contribution in [-0.4, -0.2) is 26.4 Å². The number of hydrogen-bond donors (Lipinski definition) is 2. The Bertz CT molecular complexity index is 610. The molecule has 0 spiro atoms. The van der Waals surface area contributed by atoms with Crippen molar-refractivity contribution in [2.45, 2.75) is 24.7 Å². The summed E-state index contributed by atoms with van der Waals surface area (Å²) in [6.07, 6.45) is 1.18. The molecule has 0 bridgehead atoms. The van der Waals surface area contributed by atoms with Gasteiger partial charge in [-0.25, -0.2) is 17.5 Å². The van der Waals surface area contributed by atoms with Gasteiger partial charge >= 0.3 is 0 Å². The Hall–Kier alpha value is -1.29. The molecule has 0 aliphatic heterocycles. The van der Waals surface area contributed by atoms with Gasteiger partial charge in [0.05, 0.1) is 15.4 Å². The minimum absolute atomic E-state index is 0. The zero-order chi connectivity index (χ0) is 15.3. The van der Waals surface area contributed by atoms with E-state index in [-0.39, 0.29) is 24.5 Å². The van der Waals surface area contributed by atoms with E-state index in [1.165, 1.54) is 6.92 Å². The molecule has 1 aromatic carbocycles. The molecular formula is C11H17ClFN3O4S. The summed E-state index contributed by atoms with van der Waals surface area (Å²) >= 11 is 0. The van der Waals surface area contributed by atoms with E-state index < -0.39 is 31.3 Å². The molecule has 0 fully saturated rings. The monoisotopic (exact) mass is 341 g/mol. The lowest BCUT2D eigenvalue weighted by molar-refractivity contribution is -0.385. The third kappa shape index (κ3) is 5.20. The van der Waals surface area contributed by atoms with Crippen molar-refractivity contribution in [2.24, 2.45) is 5.73 Å². The first kappa shape index (κ1) is 19.7. The normalized spacial score (nSPS) is 11.0. The summed E-state index contributed by atoms with van der Waals surface area (Å²) in [4.78, 5) is 9.49. The molecule has 0 saturated carbocycles. The van der Waals surface area contributed by atoms with Crippen molar-refractivity contribution >= 4 is 28.1 Å². The van der Waals surface area contributed by atoms with E-state index in [0.717, 1.165) is 12.1 Å². The fraction of sp³-hybridized carbons (Fsp3) is 0.455. The highest BCUT2D eigenvalue weighted by molar-refractivity contribution is 7.89. The average molecular weight is 342 g/mol. The zero-order valence-electron chi connectivity index (χ0n) is 11.3. The fourth-order valence-electron chi connectivity index (χ4n) is 1.54. The average Bonchev–Trinajstić information content (AvgIpc) is 2.37. The predicted octanol–water partition coefficient (Wildman–Crippen LogP) is 1.48. The van der Waals surface area contributed by atoms with Crippen molar-refractivity contribution in [2.75, 3.05) is 13.1 Å². The van der Waals surface area contributed by atoms with Gasteiger partial charge in [0, 0.05) is 12.6 Å². The first-order valence-electron chi connectivity index (χ1n) is 5.94. The first-order chi connectivity index (χ1) is 9.29. The lowest BCUT2D eigenvalue weighted by Gasteiger charge is -2.08. The van der Waals surface area contributed by atoms with Crippen LogP contribution in [0.1, 0.15) is 18.4 Å². The Morgan fingerprint density at radius 2 is 2.00 bits per heavy atom. The predicted molar refractivity (Wildman–Crippen MR) is 78.5 cm³/mol. The van der Waals surface area contributed by atoms with Gasteiger partial charge in [-0.05, 0) is 32.4 Å². The maximum absolute atomic E-state index is 13.6. The van der Waals surface area contributed by atoms with E-state index in [1.807, 2.05) is 0 Å². The highest BCUT2D eigenvalue weighted by Crippen LogP contribution is 2.25. The van der Waals surface area contributed by atoms with Crippen molar-refractivity contribution in [3.05, 3.63) is 33.6 Å². The summed E-state index contributed by atoms with van der Waals surface area (Å²) < 4.78 is 39.6. The molecule has 0 amide bonds. The molecule has 120 valence electrons. The summed E-state index contributed by atoms with van der Waals surface area (Å²) in [6.45, 7) is 1.80. The topological polar surface area (TPSA) is 115 Å². The van der Waals surface area contributed by atoms with Crippen LogP contribution in [0.25, 0.3) is 0 Å². The molecule has 0 aliphatic carbocycles. The van der Waals surface area contributed by atoms with Crippen molar-refractivity contribution in [3.8, 4) is 0 Å². The lowest BCUT2D eigenvalue weighted by atomic mass is 10.2. The number of benzene rings is 1. The molecule has 0 unspecified atom stereocenters. The molecular weight excluding hydrogens is 325 g/mol. The molecule has 0 heterocycles. The number of hydrogen-bond acceptors (Lipinski definition) is 5. The third-order valence-electron chi connectivity index (χ3n) is 2.72. The Balaban J connectivity index is 0.00000400. The second kappa shape index (κ2) is 8.23. The molecule has 21 heavy (non-hydrogen) atoms. The summed E-state index contributed by atoms with van der Waals surface area (Å²) in [7, 11) is -3.97. The number of nitrogens with one attached hydrogen (secondary N) is 1. The summed E-state index contributed by atoms with van der Waals surface area (Å²) in [5.41, 5.74) is 4.52. The molecule has 1 aromatic rings. The Kier molecular flexibility index (Phi) is 7.72. The van der Waals surface area contributed by atoms with Crippen molar-refractivity contribution < 1.29 is 17.7 Å². The van der Waals surface area contributed by atoms with Crippen LogP contribution in [0.3, 0.4) is 0 Å². The summed E-state index contributed by atoms with van der Waals surface area (Å²) in [5, 5.41) is 10.8. The number of unbranched alkanes of at least 4 members (excludes halogenated alkanes) is 1. The molecule has 3 N–H and O–H groups in total. The lowest BCUT2D eigenvalue weighted by Crippen LogP contribution is -2.25. The van der Waals surface area contributed by atoms with E-state index in [1.54, 1.807) is 0 Å². The van der Waals surface area contributed by atoms with Crippen LogP contribution in [-0.2, 0) is 10.0 Å². The Morgan fingerprint density at radius 3 is 2.52 bits per heavy atom. The number of rotatable bonds is 7. The number of sulfonamides is 1. The summed E-state index contributed by atoms with van der Waals surface area (Å²) in [5.74, 6) is -0.929. The molecule has 0 saturated heterocycles. The number of nitro groups is 1. The minimum atomic E-state index is -3.97. The zero-order valence-corrected chi connectivity index (χ0v) is 13.0. The van der Waals surface area contributed by atoms with Gasteiger partial charge in [-0.2, -0.15) is 0 Å².